The van der Waals surface area contributed by atoms with Crippen LogP contribution in [0.2, 0.25) is 0 Å². The fraction of sp³-hybridized carbons (Fsp3) is 0.444. The zero-order chi connectivity index (χ0) is 9.40. The topological polar surface area (TPSA) is 35.5 Å². The van der Waals surface area contributed by atoms with Gasteiger partial charge in [-0.1, -0.05) is 12.7 Å². The van der Waals surface area contributed by atoms with Crippen molar-refractivity contribution in [1.82, 2.24) is 0 Å². The summed E-state index contributed by atoms with van der Waals surface area (Å²) in [6.45, 7) is 7.65. The van der Waals surface area contributed by atoms with Gasteiger partial charge in [0, 0.05) is 0 Å². The van der Waals surface area contributed by atoms with Gasteiger partial charge >= 0.3 is 5.97 Å². The van der Waals surface area contributed by atoms with E-state index in [2.05, 4.69) is 6.58 Å². The van der Waals surface area contributed by atoms with Gasteiger partial charge in [-0.3, -0.25) is 0 Å². The second-order valence-electron chi connectivity index (χ2n) is 2.14. The quantitative estimate of drug-likeness (QED) is 0.207. The van der Waals surface area contributed by atoms with Crippen molar-refractivity contribution < 1.29 is 14.3 Å². The number of carbonyl (C=O) groups is 1. The summed E-state index contributed by atoms with van der Waals surface area (Å²) in [6.07, 6.45) is 2.98. The number of ether oxygens (including phenoxy) is 2. The van der Waals surface area contributed by atoms with E-state index in [1.165, 1.54) is 6.26 Å². The Balaban J connectivity index is 3.81. The monoisotopic (exact) mass is 170 g/mol. The van der Waals surface area contributed by atoms with Crippen LogP contribution >= 0.6 is 0 Å². The average molecular weight is 170 g/mol. The molecule has 0 atom stereocenters. The van der Waals surface area contributed by atoms with Crippen molar-refractivity contribution in [2.45, 2.75) is 13.8 Å². The third kappa shape index (κ3) is 4.55. The Morgan fingerprint density at radius 2 is 2.25 bits per heavy atom. The van der Waals surface area contributed by atoms with E-state index in [-0.39, 0.29) is 5.97 Å². The molecule has 68 valence electrons. The molecule has 3 heteroatoms. The highest BCUT2D eigenvalue weighted by Crippen LogP contribution is 1.96. The molecule has 0 aliphatic rings. The Labute approximate surface area is 72.7 Å². The first kappa shape index (κ1) is 10.8. The molecule has 0 spiro atoms. The van der Waals surface area contributed by atoms with E-state index < -0.39 is 0 Å². The number of carbonyl (C=O) groups excluding carboxylic acids is 1. The van der Waals surface area contributed by atoms with Crippen molar-refractivity contribution in [3.63, 3.8) is 0 Å². The largest absolute Gasteiger partial charge is 0.497 e. The molecule has 0 rings (SSSR count). The van der Waals surface area contributed by atoms with Crippen LogP contribution in [-0.4, -0.2) is 19.2 Å². The summed E-state index contributed by atoms with van der Waals surface area (Å²) < 4.78 is 9.65. The predicted octanol–water partition coefficient (Wildman–Crippen LogP) is 1.66. The van der Waals surface area contributed by atoms with Gasteiger partial charge in [0.05, 0.1) is 18.4 Å². The van der Waals surface area contributed by atoms with Gasteiger partial charge < -0.3 is 9.47 Å². The molecule has 0 bridgehead atoms. The van der Waals surface area contributed by atoms with Crippen molar-refractivity contribution in [2.75, 3.05) is 13.2 Å². The first-order valence-electron chi connectivity index (χ1n) is 3.78. The third-order valence-corrected chi connectivity index (χ3v) is 1.07. The predicted molar refractivity (Wildman–Crippen MR) is 46.5 cm³/mol. The first-order chi connectivity index (χ1) is 5.72. The lowest BCUT2D eigenvalue weighted by atomic mass is 10.3. The van der Waals surface area contributed by atoms with Gasteiger partial charge in [-0.2, -0.15) is 0 Å². The van der Waals surface area contributed by atoms with Gasteiger partial charge in [0.15, 0.2) is 0 Å². The van der Waals surface area contributed by atoms with Crippen molar-refractivity contribution in [3.05, 3.63) is 24.5 Å². The van der Waals surface area contributed by atoms with E-state index in [1.807, 2.05) is 0 Å². The second-order valence-corrected chi connectivity index (χ2v) is 2.14. The smallest absolute Gasteiger partial charge is 0.336 e. The molecule has 0 aromatic carbocycles. The molecule has 0 aromatic heterocycles. The Kier molecular flexibility index (Phi) is 5.79. The van der Waals surface area contributed by atoms with E-state index in [9.17, 15) is 4.79 Å². The maximum atomic E-state index is 10.9. The minimum Gasteiger partial charge on any atom is -0.497 e. The Morgan fingerprint density at radius 3 is 2.75 bits per heavy atom. The molecular weight excluding hydrogens is 156 g/mol. The van der Waals surface area contributed by atoms with Gasteiger partial charge in [-0.25, -0.2) is 4.79 Å². The van der Waals surface area contributed by atoms with Gasteiger partial charge in [0.25, 0.3) is 0 Å². The standard InChI is InChI=1S/C9H14O3/c1-4-6-11-7-8(3)9(10)12-5-2/h4,7H,1,5-6H2,2-3H3. The normalized spacial score (nSPS) is 10.7. The van der Waals surface area contributed by atoms with Crippen LogP contribution in [0.25, 0.3) is 0 Å². The molecule has 0 fully saturated rings. The fourth-order valence-electron chi connectivity index (χ4n) is 0.534. The average Bonchev–Trinajstić information content (AvgIpc) is 2.05. The molecule has 12 heavy (non-hydrogen) atoms. The van der Waals surface area contributed by atoms with Crippen LogP contribution in [-0.2, 0) is 14.3 Å². The van der Waals surface area contributed by atoms with Crippen molar-refractivity contribution in [2.24, 2.45) is 0 Å². The van der Waals surface area contributed by atoms with Crippen LogP contribution in [0.1, 0.15) is 13.8 Å². The number of esters is 1. The summed E-state index contributed by atoms with van der Waals surface area (Å²) in [4.78, 5) is 10.9. The summed E-state index contributed by atoms with van der Waals surface area (Å²) in [5.74, 6) is -0.346. The number of hydrogen-bond acceptors (Lipinski definition) is 3. The Bertz CT molecular complexity index is 182. The van der Waals surface area contributed by atoms with Crippen LogP contribution in [0.5, 0.6) is 0 Å². The molecule has 0 N–H and O–H groups in total. The zero-order valence-corrected chi connectivity index (χ0v) is 7.50. The van der Waals surface area contributed by atoms with E-state index in [4.69, 9.17) is 9.47 Å². The highest BCUT2D eigenvalue weighted by atomic mass is 16.5. The van der Waals surface area contributed by atoms with Crippen molar-refractivity contribution >= 4 is 5.97 Å². The molecule has 0 saturated carbocycles. The Morgan fingerprint density at radius 1 is 1.58 bits per heavy atom. The highest BCUT2D eigenvalue weighted by molar-refractivity contribution is 5.87. The fourth-order valence-corrected chi connectivity index (χ4v) is 0.534. The maximum Gasteiger partial charge on any atom is 0.336 e. The van der Waals surface area contributed by atoms with Gasteiger partial charge in [0.1, 0.15) is 6.61 Å². The number of rotatable bonds is 5. The summed E-state index contributed by atoms with van der Waals surface area (Å²) >= 11 is 0. The van der Waals surface area contributed by atoms with Gasteiger partial charge in [-0.15, -0.1) is 0 Å². The summed E-state index contributed by atoms with van der Waals surface area (Å²) in [5.41, 5.74) is 0.457. The van der Waals surface area contributed by atoms with Crippen LogP contribution in [0.3, 0.4) is 0 Å². The van der Waals surface area contributed by atoms with Crippen LogP contribution in [0.4, 0.5) is 0 Å². The van der Waals surface area contributed by atoms with Crippen molar-refractivity contribution in [3.8, 4) is 0 Å². The molecule has 0 aliphatic carbocycles. The molecule has 0 aromatic rings. The first-order valence-corrected chi connectivity index (χ1v) is 3.78. The van der Waals surface area contributed by atoms with E-state index >= 15 is 0 Å². The lowest BCUT2D eigenvalue weighted by Crippen LogP contribution is -2.05. The molecule has 0 amide bonds. The Hall–Kier alpha value is -1.25. The lowest BCUT2D eigenvalue weighted by molar-refractivity contribution is -0.138. The molecule has 0 radical (unpaired) electrons. The van der Waals surface area contributed by atoms with Gasteiger partial charge in [-0.05, 0) is 13.8 Å². The number of hydrogen-bond donors (Lipinski definition) is 0. The molecule has 3 nitrogen and oxygen atoms in total. The van der Waals surface area contributed by atoms with Crippen LogP contribution in [0, 0.1) is 0 Å². The second kappa shape index (κ2) is 6.46. The van der Waals surface area contributed by atoms with Gasteiger partial charge in [0.2, 0.25) is 0 Å². The summed E-state index contributed by atoms with van der Waals surface area (Å²) in [6, 6.07) is 0. The van der Waals surface area contributed by atoms with E-state index in [1.54, 1.807) is 19.9 Å². The third-order valence-electron chi connectivity index (χ3n) is 1.07. The van der Waals surface area contributed by atoms with E-state index in [0.717, 1.165) is 0 Å². The molecule has 0 heterocycles. The highest BCUT2D eigenvalue weighted by Gasteiger charge is 2.03. The van der Waals surface area contributed by atoms with Crippen LogP contribution in [0.15, 0.2) is 24.5 Å². The maximum absolute atomic E-state index is 10.9. The minimum atomic E-state index is -0.346. The summed E-state index contributed by atoms with van der Waals surface area (Å²) in [7, 11) is 0. The lowest BCUT2D eigenvalue weighted by Gasteiger charge is -2.01. The summed E-state index contributed by atoms with van der Waals surface area (Å²) in [5, 5.41) is 0. The minimum absolute atomic E-state index is 0.346. The zero-order valence-electron chi connectivity index (χ0n) is 7.50. The van der Waals surface area contributed by atoms with Crippen molar-refractivity contribution in [1.29, 1.82) is 0 Å². The molecule has 0 saturated heterocycles. The molecular formula is C9H14O3. The SMILES string of the molecule is C=CCOC=C(C)C(=O)OCC. The van der Waals surface area contributed by atoms with Crippen LogP contribution < -0.4 is 0 Å². The molecule has 0 aliphatic heterocycles. The molecule has 0 unspecified atom stereocenters. The van der Waals surface area contributed by atoms with E-state index in [0.29, 0.717) is 18.8 Å².